The average molecular weight is 168 g/mol. The lowest BCUT2D eigenvalue weighted by atomic mass is 9.97. The molecule has 0 amide bonds. The summed E-state index contributed by atoms with van der Waals surface area (Å²) < 4.78 is 0. The van der Waals surface area contributed by atoms with Gasteiger partial charge in [0.1, 0.15) is 5.60 Å². The maximum atomic E-state index is 8.92. The van der Waals surface area contributed by atoms with Crippen LogP contribution in [0.5, 0.6) is 0 Å². The largest absolute Gasteiger partial charge is 0.251 e. The van der Waals surface area contributed by atoms with Crippen molar-refractivity contribution in [3.63, 3.8) is 0 Å². The second-order valence-corrected chi connectivity index (χ2v) is 4.72. The van der Waals surface area contributed by atoms with Crippen molar-refractivity contribution in [1.82, 2.24) is 0 Å². The summed E-state index contributed by atoms with van der Waals surface area (Å²) in [4.78, 5) is 4.70. The lowest BCUT2D eigenvalue weighted by Gasteiger charge is -2.19. The Labute approximate surface area is 73.2 Å². The predicted octanol–water partition coefficient (Wildman–Crippen LogP) is 2.61. The van der Waals surface area contributed by atoms with Crippen LogP contribution in [-0.2, 0) is 4.89 Å². The first kappa shape index (κ1) is 8.27. The van der Waals surface area contributed by atoms with Crippen molar-refractivity contribution in [2.45, 2.75) is 39.2 Å². The molecule has 2 nitrogen and oxygen atoms in total. The second kappa shape index (κ2) is 2.12. The van der Waals surface area contributed by atoms with Gasteiger partial charge in [0.15, 0.2) is 0 Å². The van der Waals surface area contributed by atoms with E-state index in [1.165, 1.54) is 5.57 Å². The zero-order chi connectivity index (χ0) is 8.98. The molecule has 0 heterocycles. The van der Waals surface area contributed by atoms with Crippen molar-refractivity contribution < 1.29 is 10.1 Å². The van der Waals surface area contributed by atoms with Crippen LogP contribution in [0.1, 0.15) is 33.6 Å². The van der Waals surface area contributed by atoms with Gasteiger partial charge in [-0.1, -0.05) is 25.5 Å². The summed E-state index contributed by atoms with van der Waals surface area (Å²) in [5, 5.41) is 8.92. The number of hydrogen-bond acceptors (Lipinski definition) is 2. The molecule has 0 aliphatic heterocycles. The monoisotopic (exact) mass is 168 g/mol. The lowest BCUT2D eigenvalue weighted by molar-refractivity contribution is -0.303. The maximum absolute atomic E-state index is 8.92. The smallest absolute Gasteiger partial charge is 0.116 e. The van der Waals surface area contributed by atoms with E-state index in [2.05, 4.69) is 26.8 Å². The number of allylic oxidation sites excluding steroid dienone is 1. The molecular weight excluding hydrogens is 152 g/mol. The van der Waals surface area contributed by atoms with Crippen LogP contribution < -0.4 is 0 Å². The van der Waals surface area contributed by atoms with Crippen LogP contribution in [-0.4, -0.2) is 10.9 Å². The Hall–Kier alpha value is -0.340. The van der Waals surface area contributed by atoms with Crippen molar-refractivity contribution in [2.75, 3.05) is 0 Å². The summed E-state index contributed by atoms with van der Waals surface area (Å²) in [6, 6.07) is 0. The number of hydrogen-bond donors (Lipinski definition) is 1. The third kappa shape index (κ3) is 0.723. The topological polar surface area (TPSA) is 29.5 Å². The zero-order valence-electron chi connectivity index (χ0n) is 7.92. The Morgan fingerprint density at radius 2 is 2.25 bits per heavy atom. The van der Waals surface area contributed by atoms with Crippen molar-refractivity contribution >= 4 is 0 Å². The molecule has 2 atom stereocenters. The van der Waals surface area contributed by atoms with E-state index in [1.54, 1.807) is 0 Å². The highest BCUT2D eigenvalue weighted by Crippen LogP contribution is 2.69. The molecule has 0 bridgehead atoms. The Morgan fingerprint density at radius 1 is 1.58 bits per heavy atom. The first-order chi connectivity index (χ1) is 5.54. The van der Waals surface area contributed by atoms with Gasteiger partial charge in [0.2, 0.25) is 0 Å². The highest BCUT2D eigenvalue weighted by molar-refractivity contribution is 5.29. The summed E-state index contributed by atoms with van der Waals surface area (Å²) >= 11 is 0. The molecule has 68 valence electrons. The number of fused-ring (bicyclic) bond motifs is 1. The molecule has 2 unspecified atom stereocenters. The van der Waals surface area contributed by atoms with Crippen LogP contribution in [0.3, 0.4) is 0 Å². The molecule has 1 fully saturated rings. The Kier molecular flexibility index (Phi) is 1.46. The summed E-state index contributed by atoms with van der Waals surface area (Å²) in [7, 11) is 0. The van der Waals surface area contributed by atoms with E-state index in [0.29, 0.717) is 5.92 Å². The van der Waals surface area contributed by atoms with E-state index in [9.17, 15) is 0 Å². The van der Waals surface area contributed by atoms with Gasteiger partial charge in [0, 0.05) is 17.8 Å². The molecule has 0 aromatic carbocycles. The zero-order valence-corrected chi connectivity index (χ0v) is 7.92. The second-order valence-electron chi connectivity index (χ2n) is 4.72. The Morgan fingerprint density at radius 3 is 2.75 bits per heavy atom. The molecule has 2 aliphatic rings. The van der Waals surface area contributed by atoms with Crippen LogP contribution in [0.4, 0.5) is 0 Å². The fraction of sp³-hybridized carbons (Fsp3) is 0.800. The van der Waals surface area contributed by atoms with Gasteiger partial charge >= 0.3 is 0 Å². The normalized spacial score (nSPS) is 43.3. The molecule has 2 rings (SSSR count). The molecule has 0 spiro atoms. The fourth-order valence-electron chi connectivity index (χ4n) is 2.78. The summed E-state index contributed by atoms with van der Waals surface area (Å²) in [6.45, 7) is 6.44. The van der Waals surface area contributed by atoms with Crippen LogP contribution in [0, 0.1) is 11.3 Å². The lowest BCUT2D eigenvalue weighted by Crippen LogP contribution is -2.22. The van der Waals surface area contributed by atoms with Crippen molar-refractivity contribution in [3.05, 3.63) is 11.6 Å². The first-order valence-electron chi connectivity index (χ1n) is 4.53. The third-order valence-corrected chi connectivity index (χ3v) is 3.85. The predicted molar refractivity (Wildman–Crippen MR) is 46.7 cm³/mol. The Bertz CT molecular complexity index is 242. The molecule has 0 aromatic rings. The SMILES string of the molecule is CC1=CCC2C(C)(C)C2(OO)C1. The van der Waals surface area contributed by atoms with Gasteiger partial charge < -0.3 is 0 Å². The molecule has 0 radical (unpaired) electrons. The van der Waals surface area contributed by atoms with Crippen molar-refractivity contribution in [2.24, 2.45) is 11.3 Å². The van der Waals surface area contributed by atoms with Crippen LogP contribution in [0.25, 0.3) is 0 Å². The first-order valence-corrected chi connectivity index (χ1v) is 4.53. The summed E-state index contributed by atoms with van der Waals surface area (Å²) in [5.74, 6) is 0.513. The van der Waals surface area contributed by atoms with Gasteiger partial charge in [-0.05, 0) is 13.3 Å². The van der Waals surface area contributed by atoms with Gasteiger partial charge in [-0.25, -0.2) is 4.89 Å². The molecule has 0 saturated heterocycles. The minimum atomic E-state index is -0.258. The van der Waals surface area contributed by atoms with E-state index in [1.807, 2.05) is 0 Å². The van der Waals surface area contributed by atoms with E-state index in [-0.39, 0.29) is 11.0 Å². The van der Waals surface area contributed by atoms with E-state index < -0.39 is 0 Å². The minimum Gasteiger partial charge on any atom is -0.251 e. The summed E-state index contributed by atoms with van der Waals surface area (Å²) in [5.41, 5.74) is 1.23. The van der Waals surface area contributed by atoms with Gasteiger partial charge in [0.05, 0.1) is 0 Å². The molecule has 12 heavy (non-hydrogen) atoms. The van der Waals surface area contributed by atoms with Gasteiger partial charge in [-0.15, -0.1) is 0 Å². The van der Waals surface area contributed by atoms with E-state index in [4.69, 9.17) is 10.1 Å². The maximum Gasteiger partial charge on any atom is 0.116 e. The summed E-state index contributed by atoms with van der Waals surface area (Å²) in [6.07, 6.45) is 4.21. The molecule has 1 N–H and O–H groups in total. The average Bonchev–Trinajstić information content (AvgIpc) is 2.49. The van der Waals surface area contributed by atoms with E-state index in [0.717, 1.165) is 12.8 Å². The standard InChI is InChI=1S/C10H16O2/c1-7-4-5-8-9(2,3)10(8,6-7)12-11/h4,8,11H,5-6H2,1-3H3. The quantitative estimate of drug-likeness (QED) is 0.370. The van der Waals surface area contributed by atoms with Crippen molar-refractivity contribution in [3.8, 4) is 0 Å². The van der Waals surface area contributed by atoms with Crippen LogP contribution in [0.2, 0.25) is 0 Å². The molecule has 2 heteroatoms. The highest BCUT2D eigenvalue weighted by atomic mass is 17.1. The van der Waals surface area contributed by atoms with Crippen molar-refractivity contribution in [1.29, 1.82) is 0 Å². The molecule has 2 aliphatic carbocycles. The minimum absolute atomic E-state index is 0.149. The van der Waals surface area contributed by atoms with Gasteiger partial charge in [-0.3, -0.25) is 5.26 Å². The molecule has 0 aromatic heterocycles. The fourth-order valence-corrected chi connectivity index (χ4v) is 2.78. The Balaban J connectivity index is 2.27. The van der Waals surface area contributed by atoms with Gasteiger partial charge in [-0.2, -0.15) is 0 Å². The third-order valence-electron chi connectivity index (χ3n) is 3.85. The number of rotatable bonds is 1. The molecule has 1 saturated carbocycles. The van der Waals surface area contributed by atoms with Crippen LogP contribution in [0.15, 0.2) is 11.6 Å². The molecular formula is C10H16O2. The van der Waals surface area contributed by atoms with E-state index >= 15 is 0 Å². The van der Waals surface area contributed by atoms with Crippen LogP contribution >= 0.6 is 0 Å². The highest BCUT2D eigenvalue weighted by Gasteiger charge is 2.73. The van der Waals surface area contributed by atoms with Gasteiger partial charge in [0.25, 0.3) is 0 Å².